The van der Waals surface area contributed by atoms with Gasteiger partial charge in [0.25, 0.3) is 0 Å². The molecule has 0 radical (unpaired) electrons. The molecule has 1 aliphatic rings. The zero-order chi connectivity index (χ0) is 26.9. The summed E-state index contributed by atoms with van der Waals surface area (Å²) in [6.45, 7) is 1.10. The number of ether oxygens (including phenoxy) is 3. The third-order valence-corrected chi connectivity index (χ3v) is 6.58. The molecule has 0 saturated carbocycles. The Balaban J connectivity index is 1.55. The van der Waals surface area contributed by atoms with Crippen molar-refractivity contribution in [3.05, 3.63) is 54.2 Å². The number of aromatic nitrogens is 4. The van der Waals surface area contributed by atoms with Gasteiger partial charge in [0.05, 0.1) is 13.2 Å². The van der Waals surface area contributed by atoms with Crippen molar-refractivity contribution < 1.29 is 27.4 Å². The van der Waals surface area contributed by atoms with Gasteiger partial charge >= 0.3 is 6.18 Å². The van der Waals surface area contributed by atoms with Gasteiger partial charge < -0.3 is 19.9 Å². The number of alkyl halides is 3. The summed E-state index contributed by atoms with van der Waals surface area (Å²) in [7, 11) is 3.16. The number of likely N-dealkylation sites (tertiary alicyclic amines) is 1. The minimum Gasteiger partial charge on any atom is -0.483 e. The van der Waals surface area contributed by atoms with E-state index in [9.17, 15) is 13.2 Å². The average Bonchev–Trinajstić information content (AvgIpc) is 3.49. The van der Waals surface area contributed by atoms with E-state index >= 15 is 0 Å². The van der Waals surface area contributed by atoms with Gasteiger partial charge in [-0.1, -0.05) is 24.3 Å². The van der Waals surface area contributed by atoms with Crippen molar-refractivity contribution in [3.8, 4) is 17.3 Å². The normalized spacial score (nSPS) is 17.6. The van der Waals surface area contributed by atoms with Gasteiger partial charge in [-0.15, -0.1) is 10.2 Å². The molecule has 0 amide bonds. The van der Waals surface area contributed by atoms with Crippen LogP contribution in [0.15, 0.2) is 48.7 Å². The van der Waals surface area contributed by atoms with Gasteiger partial charge in [0.15, 0.2) is 11.5 Å². The zero-order valence-corrected chi connectivity index (χ0v) is 21.1. The monoisotopic (exact) mass is 530 g/mol. The molecular weight excluding hydrogens is 501 g/mol. The number of nitrogens with two attached hydrogens (primary N) is 1. The lowest BCUT2D eigenvalue weighted by molar-refractivity contribution is -0.183. The number of nitrogens with zero attached hydrogens (tertiary/aromatic N) is 5. The van der Waals surface area contributed by atoms with Gasteiger partial charge in [-0.05, 0) is 30.2 Å². The van der Waals surface area contributed by atoms with Crippen LogP contribution < -0.4 is 10.5 Å². The standard InChI is InChI=1S/C26H29F3N6O3/c1-36-14-19(15-37-2)38-21-5-3-4-16-6-8-20(31-23(16)21)25-33-32-22-9-7-17(12-35(22)25)24(26(27,28)29)34-11-10-18(30)13-34/h3-9,12,18-19,24H,10-11,13-15,30H2,1-2H3/t18?,24-/m1/s1. The molecule has 0 aliphatic carbocycles. The summed E-state index contributed by atoms with van der Waals surface area (Å²) in [6, 6.07) is 10.1. The first-order valence-electron chi connectivity index (χ1n) is 12.2. The van der Waals surface area contributed by atoms with E-state index in [0.29, 0.717) is 48.1 Å². The highest BCUT2D eigenvalue weighted by Crippen LogP contribution is 2.39. The minimum absolute atomic E-state index is 0.0898. The van der Waals surface area contributed by atoms with E-state index < -0.39 is 12.2 Å². The fourth-order valence-corrected chi connectivity index (χ4v) is 4.91. The molecular formula is C26H29F3N6O3. The van der Waals surface area contributed by atoms with Gasteiger partial charge in [-0.3, -0.25) is 9.30 Å². The molecule has 4 heterocycles. The van der Waals surface area contributed by atoms with Crippen molar-refractivity contribution >= 4 is 16.6 Å². The van der Waals surface area contributed by atoms with Crippen LogP contribution in [-0.4, -0.2) is 83.3 Å². The lowest BCUT2D eigenvalue weighted by Crippen LogP contribution is -2.38. The van der Waals surface area contributed by atoms with Crippen LogP contribution in [0.1, 0.15) is 18.0 Å². The topological polar surface area (TPSA) is 100 Å². The largest absolute Gasteiger partial charge is 0.483 e. The molecule has 1 fully saturated rings. The van der Waals surface area contributed by atoms with Crippen molar-refractivity contribution in [2.24, 2.45) is 5.73 Å². The highest BCUT2D eigenvalue weighted by Gasteiger charge is 2.46. The van der Waals surface area contributed by atoms with E-state index in [1.807, 2.05) is 18.2 Å². The fourth-order valence-electron chi connectivity index (χ4n) is 4.91. The third-order valence-electron chi connectivity index (χ3n) is 6.58. The van der Waals surface area contributed by atoms with Gasteiger partial charge in [0, 0.05) is 44.9 Å². The Morgan fingerprint density at radius 3 is 2.53 bits per heavy atom. The number of pyridine rings is 2. The second-order valence-electron chi connectivity index (χ2n) is 9.38. The van der Waals surface area contributed by atoms with Gasteiger partial charge in [0.2, 0.25) is 0 Å². The first kappa shape index (κ1) is 26.3. The van der Waals surface area contributed by atoms with E-state index in [-0.39, 0.29) is 30.8 Å². The SMILES string of the molecule is COCC(COC)Oc1cccc2ccc(-c3nnc4ccc([C@@H](N5CCC(N)C5)C(F)(F)F)cn34)nc12. The van der Waals surface area contributed by atoms with Crippen molar-refractivity contribution in [1.29, 1.82) is 0 Å². The summed E-state index contributed by atoms with van der Waals surface area (Å²) in [5.41, 5.74) is 7.44. The molecule has 9 nitrogen and oxygen atoms in total. The molecule has 4 aromatic rings. The quantitative estimate of drug-likeness (QED) is 0.350. The summed E-state index contributed by atoms with van der Waals surface area (Å²) < 4.78 is 60.7. The Labute approximate surface area is 217 Å². The van der Waals surface area contributed by atoms with Crippen LogP contribution in [0, 0.1) is 0 Å². The number of rotatable bonds is 9. The van der Waals surface area contributed by atoms with Crippen molar-refractivity contribution in [1.82, 2.24) is 24.5 Å². The average molecular weight is 531 g/mol. The molecule has 12 heteroatoms. The van der Waals surface area contributed by atoms with E-state index in [1.54, 1.807) is 30.8 Å². The molecule has 2 N–H and O–H groups in total. The molecule has 3 aromatic heterocycles. The number of hydrogen-bond donors (Lipinski definition) is 1. The molecule has 0 spiro atoms. The van der Waals surface area contributed by atoms with Crippen LogP contribution in [0.25, 0.3) is 28.1 Å². The Morgan fingerprint density at radius 2 is 1.84 bits per heavy atom. The summed E-state index contributed by atoms with van der Waals surface area (Å²) in [6.07, 6.45) is -2.86. The van der Waals surface area contributed by atoms with Crippen LogP contribution in [0.3, 0.4) is 0 Å². The van der Waals surface area contributed by atoms with Gasteiger partial charge in [-0.25, -0.2) is 4.98 Å². The predicted molar refractivity (Wildman–Crippen MR) is 135 cm³/mol. The summed E-state index contributed by atoms with van der Waals surface area (Å²) in [4.78, 5) is 6.15. The molecule has 1 saturated heterocycles. The molecule has 0 bridgehead atoms. The summed E-state index contributed by atoms with van der Waals surface area (Å²) in [5.74, 6) is 0.850. The minimum atomic E-state index is -4.47. The van der Waals surface area contributed by atoms with Crippen LogP contribution in [0.4, 0.5) is 13.2 Å². The lowest BCUT2D eigenvalue weighted by atomic mass is 10.1. The molecule has 202 valence electrons. The molecule has 5 rings (SSSR count). The molecule has 1 aliphatic heterocycles. The van der Waals surface area contributed by atoms with Gasteiger partial charge in [0.1, 0.15) is 29.1 Å². The van der Waals surface area contributed by atoms with Crippen LogP contribution in [0.5, 0.6) is 5.75 Å². The van der Waals surface area contributed by atoms with Crippen LogP contribution >= 0.6 is 0 Å². The summed E-state index contributed by atoms with van der Waals surface area (Å²) >= 11 is 0. The van der Waals surface area contributed by atoms with E-state index in [1.165, 1.54) is 23.2 Å². The Kier molecular flexibility index (Phi) is 7.48. The van der Waals surface area contributed by atoms with Gasteiger partial charge in [-0.2, -0.15) is 13.2 Å². The Morgan fingerprint density at radius 1 is 1.05 bits per heavy atom. The van der Waals surface area contributed by atoms with E-state index in [0.717, 1.165) is 5.39 Å². The number of methoxy groups -OCH3 is 2. The van der Waals surface area contributed by atoms with E-state index in [4.69, 9.17) is 24.9 Å². The highest BCUT2D eigenvalue weighted by molar-refractivity contribution is 5.86. The maximum atomic E-state index is 14.2. The summed E-state index contributed by atoms with van der Waals surface area (Å²) in [5, 5.41) is 9.24. The number of benzene rings is 1. The highest BCUT2D eigenvalue weighted by atomic mass is 19.4. The van der Waals surface area contributed by atoms with Crippen molar-refractivity contribution in [2.75, 3.05) is 40.5 Å². The molecule has 38 heavy (non-hydrogen) atoms. The second-order valence-corrected chi connectivity index (χ2v) is 9.38. The molecule has 2 atom stereocenters. The fraction of sp³-hybridized carbons (Fsp3) is 0.423. The van der Waals surface area contributed by atoms with Crippen LogP contribution in [0.2, 0.25) is 0 Å². The zero-order valence-electron chi connectivity index (χ0n) is 21.1. The maximum absolute atomic E-state index is 14.2. The number of halogens is 3. The van der Waals surface area contributed by atoms with E-state index in [2.05, 4.69) is 10.2 Å². The number of fused-ring (bicyclic) bond motifs is 2. The molecule has 1 aromatic carbocycles. The Bertz CT molecular complexity index is 1410. The van der Waals surface area contributed by atoms with Crippen molar-refractivity contribution in [3.63, 3.8) is 0 Å². The predicted octanol–water partition coefficient (Wildman–Crippen LogP) is 3.62. The number of para-hydroxylation sites is 1. The molecule has 1 unspecified atom stereocenters. The number of hydrogen-bond acceptors (Lipinski definition) is 8. The lowest BCUT2D eigenvalue weighted by Gasteiger charge is -2.30. The van der Waals surface area contributed by atoms with Crippen molar-refractivity contribution in [2.45, 2.75) is 30.8 Å². The Hall–Kier alpha value is -3.32. The van der Waals surface area contributed by atoms with Crippen LogP contribution in [-0.2, 0) is 9.47 Å². The maximum Gasteiger partial charge on any atom is 0.408 e. The second kappa shape index (κ2) is 10.8. The first-order chi connectivity index (χ1) is 18.3. The smallest absolute Gasteiger partial charge is 0.408 e. The first-order valence-corrected chi connectivity index (χ1v) is 12.2. The third kappa shape index (κ3) is 5.30.